The number of aryl methyl sites for hydroxylation is 3. The van der Waals surface area contributed by atoms with E-state index in [0.29, 0.717) is 17.1 Å². The molecule has 27 heavy (non-hydrogen) atoms. The summed E-state index contributed by atoms with van der Waals surface area (Å²) in [6, 6.07) is 5.82. The highest BCUT2D eigenvalue weighted by Gasteiger charge is 2.27. The number of hydrogen-bond donors (Lipinski definition) is 2. The van der Waals surface area contributed by atoms with Crippen LogP contribution in [0.25, 0.3) is 16.8 Å². The van der Waals surface area contributed by atoms with Crippen molar-refractivity contribution in [1.82, 2.24) is 19.7 Å². The number of rotatable bonds is 3. The summed E-state index contributed by atoms with van der Waals surface area (Å²) in [7, 11) is 1.88. The number of amides is 1. The van der Waals surface area contributed by atoms with Crippen LogP contribution in [0.5, 0.6) is 0 Å². The van der Waals surface area contributed by atoms with Crippen molar-refractivity contribution < 1.29 is 4.79 Å². The number of nitrogens with zero attached hydrogens (tertiary/aromatic N) is 4. The van der Waals surface area contributed by atoms with E-state index in [9.17, 15) is 4.79 Å². The second-order valence-electron chi connectivity index (χ2n) is 6.68. The second-order valence-corrected chi connectivity index (χ2v) is 6.68. The molecule has 0 bridgehead atoms. The zero-order valence-corrected chi connectivity index (χ0v) is 15.7. The number of anilines is 2. The van der Waals surface area contributed by atoms with Crippen molar-refractivity contribution in [2.75, 3.05) is 10.6 Å². The first-order valence-electron chi connectivity index (χ1n) is 8.65. The van der Waals surface area contributed by atoms with Gasteiger partial charge in [-0.15, -0.1) is 0 Å². The SMILES string of the molecule is C/C(Nc1cc(C)n(C)n1)=C1/C(=O)Nc2cnc(-c3cnccc3C)cc21. The normalized spacial score (nSPS) is 14.7. The van der Waals surface area contributed by atoms with Crippen molar-refractivity contribution in [3.05, 3.63) is 59.3 Å². The van der Waals surface area contributed by atoms with Gasteiger partial charge >= 0.3 is 0 Å². The van der Waals surface area contributed by atoms with Crippen LogP contribution < -0.4 is 10.6 Å². The molecule has 0 radical (unpaired) electrons. The van der Waals surface area contributed by atoms with Crippen molar-refractivity contribution in [2.24, 2.45) is 7.05 Å². The van der Waals surface area contributed by atoms with Crippen LogP contribution in [-0.4, -0.2) is 25.7 Å². The van der Waals surface area contributed by atoms with E-state index in [1.54, 1.807) is 23.3 Å². The average molecular weight is 360 g/mol. The van der Waals surface area contributed by atoms with Crippen molar-refractivity contribution >= 4 is 23.0 Å². The number of aromatic nitrogens is 4. The van der Waals surface area contributed by atoms with Crippen LogP contribution in [0.2, 0.25) is 0 Å². The minimum Gasteiger partial charge on any atom is -0.342 e. The van der Waals surface area contributed by atoms with E-state index in [-0.39, 0.29) is 5.91 Å². The lowest BCUT2D eigenvalue weighted by atomic mass is 10.0. The minimum atomic E-state index is -0.149. The summed E-state index contributed by atoms with van der Waals surface area (Å²) in [5.41, 5.74) is 6.72. The Hall–Kier alpha value is -3.48. The Kier molecular flexibility index (Phi) is 3.99. The molecule has 3 aromatic heterocycles. The lowest BCUT2D eigenvalue weighted by molar-refractivity contribution is -0.110. The highest BCUT2D eigenvalue weighted by Crippen LogP contribution is 2.36. The van der Waals surface area contributed by atoms with Gasteiger partial charge in [0.1, 0.15) is 0 Å². The van der Waals surface area contributed by atoms with E-state index >= 15 is 0 Å². The molecule has 4 rings (SSSR count). The number of allylic oxidation sites excluding steroid dienone is 1. The molecule has 7 nitrogen and oxygen atoms in total. The Morgan fingerprint density at radius 3 is 2.70 bits per heavy atom. The fourth-order valence-corrected chi connectivity index (χ4v) is 3.20. The number of fused-ring (bicyclic) bond motifs is 1. The third kappa shape index (κ3) is 2.97. The molecule has 0 saturated carbocycles. The van der Waals surface area contributed by atoms with Crippen molar-refractivity contribution in [1.29, 1.82) is 0 Å². The molecule has 0 aliphatic carbocycles. The lowest BCUT2D eigenvalue weighted by Crippen LogP contribution is -2.09. The molecule has 4 heterocycles. The molecule has 3 aromatic rings. The second kappa shape index (κ2) is 6.35. The maximum Gasteiger partial charge on any atom is 0.258 e. The fraction of sp³-hybridized carbons (Fsp3) is 0.200. The summed E-state index contributed by atoms with van der Waals surface area (Å²) in [4.78, 5) is 21.3. The van der Waals surface area contributed by atoms with Gasteiger partial charge in [0.2, 0.25) is 0 Å². The predicted molar refractivity (Wildman–Crippen MR) is 105 cm³/mol. The Labute approximate surface area is 157 Å². The molecular weight excluding hydrogens is 340 g/mol. The number of carbonyl (C=O) groups is 1. The Morgan fingerprint density at radius 1 is 1.19 bits per heavy atom. The maximum absolute atomic E-state index is 12.6. The zero-order valence-electron chi connectivity index (χ0n) is 15.7. The van der Waals surface area contributed by atoms with Crippen molar-refractivity contribution in [3.8, 4) is 11.3 Å². The van der Waals surface area contributed by atoms with E-state index in [1.807, 2.05) is 46.0 Å². The largest absolute Gasteiger partial charge is 0.342 e. The Morgan fingerprint density at radius 2 is 2.00 bits per heavy atom. The third-order valence-electron chi connectivity index (χ3n) is 4.77. The Balaban J connectivity index is 1.77. The number of nitrogens with one attached hydrogen (secondary N) is 2. The summed E-state index contributed by atoms with van der Waals surface area (Å²) >= 11 is 0. The van der Waals surface area contributed by atoms with Gasteiger partial charge < -0.3 is 10.6 Å². The third-order valence-corrected chi connectivity index (χ3v) is 4.77. The smallest absolute Gasteiger partial charge is 0.258 e. The molecule has 136 valence electrons. The highest BCUT2D eigenvalue weighted by atomic mass is 16.2. The van der Waals surface area contributed by atoms with Gasteiger partial charge in [-0.05, 0) is 38.5 Å². The van der Waals surface area contributed by atoms with E-state index in [2.05, 4.69) is 25.7 Å². The van der Waals surface area contributed by atoms with Crippen LogP contribution >= 0.6 is 0 Å². The van der Waals surface area contributed by atoms with Crippen LogP contribution in [0.3, 0.4) is 0 Å². The number of carbonyl (C=O) groups excluding carboxylic acids is 1. The van der Waals surface area contributed by atoms with Gasteiger partial charge in [0.05, 0.1) is 23.2 Å². The zero-order chi connectivity index (χ0) is 19.1. The topological polar surface area (TPSA) is 84.7 Å². The van der Waals surface area contributed by atoms with Gasteiger partial charge in [0.15, 0.2) is 5.82 Å². The van der Waals surface area contributed by atoms with E-state index in [0.717, 1.165) is 33.8 Å². The highest BCUT2D eigenvalue weighted by molar-refractivity contribution is 6.32. The molecule has 1 aliphatic rings. The molecule has 0 spiro atoms. The molecule has 2 N–H and O–H groups in total. The predicted octanol–water partition coefficient (Wildman–Crippen LogP) is 3.29. The van der Waals surface area contributed by atoms with Gasteiger partial charge in [0, 0.05) is 48.0 Å². The minimum absolute atomic E-state index is 0.149. The van der Waals surface area contributed by atoms with Crippen LogP contribution in [0, 0.1) is 13.8 Å². The first-order chi connectivity index (χ1) is 12.9. The van der Waals surface area contributed by atoms with Gasteiger partial charge in [-0.3, -0.25) is 19.4 Å². The van der Waals surface area contributed by atoms with Gasteiger partial charge in [-0.2, -0.15) is 5.10 Å². The van der Waals surface area contributed by atoms with Crippen LogP contribution in [-0.2, 0) is 11.8 Å². The average Bonchev–Trinajstić information content (AvgIpc) is 3.12. The summed E-state index contributed by atoms with van der Waals surface area (Å²) in [6.07, 6.45) is 5.24. The summed E-state index contributed by atoms with van der Waals surface area (Å²) in [5, 5.41) is 10.5. The summed E-state index contributed by atoms with van der Waals surface area (Å²) < 4.78 is 1.79. The quantitative estimate of drug-likeness (QED) is 0.700. The van der Waals surface area contributed by atoms with E-state index in [1.165, 1.54) is 0 Å². The molecule has 7 heteroatoms. The first kappa shape index (κ1) is 17.0. The maximum atomic E-state index is 12.6. The van der Waals surface area contributed by atoms with Crippen LogP contribution in [0.4, 0.5) is 11.5 Å². The molecule has 1 aliphatic heterocycles. The molecule has 0 fully saturated rings. The van der Waals surface area contributed by atoms with E-state index < -0.39 is 0 Å². The molecule has 0 aromatic carbocycles. The lowest BCUT2D eigenvalue weighted by Gasteiger charge is -2.09. The molecule has 0 saturated heterocycles. The van der Waals surface area contributed by atoms with Crippen molar-refractivity contribution in [3.63, 3.8) is 0 Å². The standard InChI is InChI=1S/C20H20N6O/c1-11-5-6-21-9-15(11)16-8-14-17(10-22-16)24-20(27)19(14)13(3)23-18-7-12(2)26(4)25-18/h5-10H,1-4H3,(H,23,25)(H,24,27)/b19-13-. The van der Waals surface area contributed by atoms with Gasteiger partial charge in [0.25, 0.3) is 5.91 Å². The molecule has 0 unspecified atom stereocenters. The van der Waals surface area contributed by atoms with Crippen LogP contribution in [0.1, 0.15) is 23.7 Å². The molecule has 1 amide bonds. The van der Waals surface area contributed by atoms with Crippen LogP contribution in [0.15, 0.2) is 42.5 Å². The summed E-state index contributed by atoms with van der Waals surface area (Å²) in [6.45, 7) is 5.87. The molecule has 0 atom stereocenters. The Bertz CT molecular complexity index is 1080. The number of hydrogen-bond acceptors (Lipinski definition) is 5. The first-order valence-corrected chi connectivity index (χ1v) is 8.65. The fourth-order valence-electron chi connectivity index (χ4n) is 3.20. The monoisotopic (exact) mass is 360 g/mol. The van der Waals surface area contributed by atoms with E-state index in [4.69, 9.17) is 0 Å². The molecular formula is C20H20N6O. The van der Waals surface area contributed by atoms with Gasteiger partial charge in [-0.1, -0.05) is 0 Å². The van der Waals surface area contributed by atoms with Gasteiger partial charge in [-0.25, -0.2) is 0 Å². The summed E-state index contributed by atoms with van der Waals surface area (Å²) in [5.74, 6) is 0.558. The van der Waals surface area contributed by atoms with Crippen molar-refractivity contribution in [2.45, 2.75) is 20.8 Å². The number of pyridine rings is 2.